The van der Waals surface area contributed by atoms with E-state index >= 15 is 0 Å². The van der Waals surface area contributed by atoms with Gasteiger partial charge < -0.3 is 18.9 Å². The van der Waals surface area contributed by atoms with Gasteiger partial charge in [-0.05, 0) is 19.1 Å². The Balaban J connectivity index is 1.64. The number of hydrogen-bond donors (Lipinski definition) is 1. The first-order valence-corrected chi connectivity index (χ1v) is 12.5. The zero-order valence-electron chi connectivity index (χ0n) is 19.9. The third-order valence-electron chi connectivity index (χ3n) is 5.85. The topological polar surface area (TPSA) is 140 Å². The number of ether oxygens (including phenoxy) is 4. The molecule has 35 heavy (non-hydrogen) atoms. The number of fused-ring (bicyclic) bond motifs is 3. The van der Waals surface area contributed by atoms with Gasteiger partial charge in [-0.15, -0.1) is 10.2 Å². The maximum atomic E-state index is 13.4. The van der Waals surface area contributed by atoms with Crippen LogP contribution in [-0.4, -0.2) is 72.6 Å². The summed E-state index contributed by atoms with van der Waals surface area (Å²) in [5.41, 5.74) is 0.702. The molecule has 2 aromatic heterocycles. The summed E-state index contributed by atoms with van der Waals surface area (Å²) in [6, 6.07) is 6.98. The van der Waals surface area contributed by atoms with Crippen LogP contribution in [0.25, 0.3) is 11.4 Å². The molecule has 13 heteroatoms. The summed E-state index contributed by atoms with van der Waals surface area (Å²) in [6.07, 6.45) is 3.01. The van der Waals surface area contributed by atoms with Crippen LogP contribution in [0.15, 0.2) is 36.7 Å². The number of aromatic nitrogens is 5. The molecule has 1 aromatic carbocycles. The highest BCUT2D eigenvalue weighted by Crippen LogP contribution is 2.36. The lowest BCUT2D eigenvalue weighted by Gasteiger charge is -2.22. The molecule has 4 rings (SSSR count). The molecule has 3 aromatic rings. The zero-order chi connectivity index (χ0) is 25.0. The standard InChI is InChI=1S/C22H28N6O6S/c1-14(20-23-9-17(32-4)10-24-20)15(2)35(29,30)27-22-26-25-21-18-7-5-6-8-19(18)34-12-16(28(21)22)11-33-13-31-3/h5-10,14-16H,11-13H2,1-4H3,(H,26,27)/t14-,15-,16+/m0/s1. The molecule has 0 fully saturated rings. The fourth-order valence-corrected chi connectivity index (χ4v) is 4.92. The van der Waals surface area contributed by atoms with E-state index in [1.165, 1.54) is 26.6 Å². The maximum absolute atomic E-state index is 13.4. The predicted octanol–water partition coefficient (Wildman–Crippen LogP) is 2.23. The van der Waals surface area contributed by atoms with Crippen molar-refractivity contribution in [3.63, 3.8) is 0 Å². The minimum atomic E-state index is -3.91. The van der Waals surface area contributed by atoms with Gasteiger partial charge in [-0.25, -0.2) is 18.4 Å². The van der Waals surface area contributed by atoms with E-state index in [1.54, 1.807) is 18.4 Å². The number of hydrogen-bond acceptors (Lipinski definition) is 10. The molecule has 0 aliphatic carbocycles. The van der Waals surface area contributed by atoms with Gasteiger partial charge in [0, 0.05) is 13.0 Å². The van der Waals surface area contributed by atoms with Gasteiger partial charge in [0.25, 0.3) is 0 Å². The molecular formula is C22H28N6O6S. The number of sulfonamides is 1. The van der Waals surface area contributed by atoms with Crippen molar-refractivity contribution in [1.29, 1.82) is 0 Å². The molecule has 3 heterocycles. The van der Waals surface area contributed by atoms with Crippen molar-refractivity contribution >= 4 is 16.0 Å². The number of anilines is 1. The number of nitrogens with zero attached hydrogens (tertiary/aromatic N) is 5. The fraction of sp³-hybridized carbons (Fsp3) is 0.455. The van der Waals surface area contributed by atoms with Gasteiger partial charge in [0.15, 0.2) is 11.6 Å². The first-order valence-electron chi connectivity index (χ1n) is 11.0. The molecule has 0 radical (unpaired) electrons. The van der Waals surface area contributed by atoms with Crippen molar-refractivity contribution in [2.24, 2.45) is 0 Å². The second kappa shape index (κ2) is 10.5. The van der Waals surface area contributed by atoms with Gasteiger partial charge in [0.05, 0.1) is 43.0 Å². The Bertz CT molecular complexity index is 1250. The first-order chi connectivity index (χ1) is 16.9. The van der Waals surface area contributed by atoms with Crippen molar-refractivity contribution in [3.05, 3.63) is 42.5 Å². The van der Waals surface area contributed by atoms with Crippen LogP contribution in [0.3, 0.4) is 0 Å². The zero-order valence-corrected chi connectivity index (χ0v) is 20.7. The normalized spacial score (nSPS) is 16.9. The molecule has 0 amide bonds. The van der Waals surface area contributed by atoms with Crippen molar-refractivity contribution in [1.82, 2.24) is 24.7 Å². The molecule has 0 unspecified atom stereocenters. The first kappa shape index (κ1) is 24.8. The second-order valence-electron chi connectivity index (χ2n) is 8.08. The van der Waals surface area contributed by atoms with Crippen LogP contribution < -0.4 is 14.2 Å². The van der Waals surface area contributed by atoms with Crippen LogP contribution in [0.1, 0.15) is 31.6 Å². The van der Waals surface area contributed by atoms with Gasteiger partial charge in [0.2, 0.25) is 16.0 Å². The second-order valence-corrected chi connectivity index (χ2v) is 10.1. The van der Waals surface area contributed by atoms with Crippen molar-refractivity contribution in [3.8, 4) is 22.9 Å². The summed E-state index contributed by atoms with van der Waals surface area (Å²) in [6.45, 7) is 3.86. The van der Waals surface area contributed by atoms with E-state index in [9.17, 15) is 8.42 Å². The predicted molar refractivity (Wildman–Crippen MR) is 127 cm³/mol. The molecule has 0 spiro atoms. The third kappa shape index (κ3) is 5.21. The summed E-state index contributed by atoms with van der Waals surface area (Å²) in [4.78, 5) is 8.47. The van der Waals surface area contributed by atoms with E-state index in [0.29, 0.717) is 28.7 Å². The number of para-hydroxylation sites is 1. The lowest BCUT2D eigenvalue weighted by Crippen LogP contribution is -2.32. The van der Waals surface area contributed by atoms with E-state index < -0.39 is 27.2 Å². The van der Waals surface area contributed by atoms with Crippen LogP contribution in [0.4, 0.5) is 5.95 Å². The monoisotopic (exact) mass is 504 g/mol. The van der Waals surface area contributed by atoms with Crippen molar-refractivity contribution in [2.45, 2.75) is 31.1 Å². The average Bonchev–Trinajstić information content (AvgIpc) is 3.20. The van der Waals surface area contributed by atoms with Crippen LogP contribution in [0.5, 0.6) is 11.5 Å². The Morgan fingerprint density at radius 3 is 2.63 bits per heavy atom. The molecular weight excluding hydrogens is 476 g/mol. The molecule has 1 aliphatic rings. The Hall–Kier alpha value is -3.29. The Labute approximate surface area is 203 Å². The van der Waals surface area contributed by atoms with Crippen molar-refractivity contribution < 1.29 is 27.4 Å². The van der Waals surface area contributed by atoms with Gasteiger partial charge >= 0.3 is 0 Å². The number of benzene rings is 1. The minimum Gasteiger partial charge on any atom is -0.494 e. The lowest BCUT2D eigenvalue weighted by molar-refractivity contribution is -0.0449. The van der Waals surface area contributed by atoms with Crippen LogP contribution in [0.2, 0.25) is 0 Å². The summed E-state index contributed by atoms with van der Waals surface area (Å²) in [5.74, 6) is 1.54. The summed E-state index contributed by atoms with van der Waals surface area (Å²) in [5, 5.41) is 7.58. The van der Waals surface area contributed by atoms with Crippen molar-refractivity contribution in [2.75, 3.05) is 38.9 Å². The largest absolute Gasteiger partial charge is 0.494 e. The lowest BCUT2D eigenvalue weighted by atomic mass is 10.1. The van der Waals surface area contributed by atoms with Crippen LogP contribution >= 0.6 is 0 Å². The van der Waals surface area contributed by atoms with Gasteiger partial charge in [-0.1, -0.05) is 19.1 Å². The van der Waals surface area contributed by atoms with E-state index in [1.807, 2.05) is 24.3 Å². The Kier molecular flexibility index (Phi) is 7.48. The van der Waals surface area contributed by atoms with E-state index in [-0.39, 0.29) is 26.0 Å². The molecule has 0 saturated heterocycles. The van der Waals surface area contributed by atoms with Gasteiger partial charge in [-0.2, -0.15) is 0 Å². The molecule has 3 atom stereocenters. The highest BCUT2D eigenvalue weighted by molar-refractivity contribution is 7.93. The number of rotatable bonds is 10. The van der Waals surface area contributed by atoms with E-state index in [4.69, 9.17) is 18.9 Å². The third-order valence-corrected chi connectivity index (χ3v) is 7.70. The highest BCUT2D eigenvalue weighted by atomic mass is 32.2. The quantitative estimate of drug-likeness (QED) is 0.323. The Morgan fingerprint density at radius 1 is 1.17 bits per heavy atom. The average molecular weight is 505 g/mol. The SMILES string of the molecule is COCOC[C@@H]1COc2ccccc2-c2nnc(NS(=O)(=O)[C@@H](C)[C@H](C)c3ncc(OC)cn3)n21. The Morgan fingerprint density at radius 2 is 1.91 bits per heavy atom. The fourth-order valence-electron chi connectivity index (χ4n) is 3.68. The molecule has 0 saturated carbocycles. The highest BCUT2D eigenvalue weighted by Gasteiger charge is 2.34. The van der Waals surface area contributed by atoms with Gasteiger partial charge in [-0.3, -0.25) is 9.29 Å². The van der Waals surface area contributed by atoms with Crippen LogP contribution in [-0.2, 0) is 19.5 Å². The number of nitrogens with one attached hydrogen (secondary N) is 1. The summed E-state index contributed by atoms with van der Waals surface area (Å²) in [7, 11) is -0.871. The minimum absolute atomic E-state index is 0.0704. The van der Waals surface area contributed by atoms with Crippen LogP contribution in [0, 0.1) is 0 Å². The van der Waals surface area contributed by atoms with E-state index in [0.717, 1.165) is 0 Å². The number of methoxy groups -OCH3 is 2. The van der Waals surface area contributed by atoms with E-state index in [2.05, 4.69) is 24.9 Å². The molecule has 188 valence electrons. The molecule has 12 nitrogen and oxygen atoms in total. The summed E-state index contributed by atoms with van der Waals surface area (Å²) >= 11 is 0. The molecule has 0 bridgehead atoms. The van der Waals surface area contributed by atoms with Gasteiger partial charge in [0.1, 0.15) is 25.0 Å². The smallest absolute Gasteiger partial charge is 0.239 e. The molecule has 1 aliphatic heterocycles. The summed E-state index contributed by atoms with van der Waals surface area (Å²) < 4.78 is 52.6. The maximum Gasteiger partial charge on any atom is 0.239 e. The molecule has 1 N–H and O–H groups in total.